The molecule has 0 fully saturated rings. The molecule has 0 bridgehead atoms. The lowest BCUT2D eigenvalue weighted by atomic mass is 10.3. The molecule has 0 aliphatic rings. The lowest BCUT2D eigenvalue weighted by molar-refractivity contribution is 0.997. The maximum absolute atomic E-state index is 5.98. The van der Waals surface area contributed by atoms with E-state index in [1.807, 2.05) is 19.2 Å². The van der Waals surface area contributed by atoms with Crippen molar-refractivity contribution in [3.05, 3.63) is 33.1 Å². The molecule has 0 aliphatic heterocycles. The summed E-state index contributed by atoms with van der Waals surface area (Å²) in [4.78, 5) is 12.6. The normalized spacial score (nSPS) is 10.4. The van der Waals surface area contributed by atoms with Crippen LogP contribution >= 0.6 is 22.9 Å². The fourth-order valence-corrected chi connectivity index (χ4v) is 2.03. The molecule has 0 atom stereocenters. The molecule has 0 aromatic carbocycles. The van der Waals surface area contributed by atoms with E-state index in [2.05, 4.69) is 20.3 Å². The summed E-state index contributed by atoms with van der Waals surface area (Å²) in [7, 11) is 0. The maximum atomic E-state index is 5.98. The predicted octanol–water partition coefficient (Wildman–Crippen LogP) is 2.82. The predicted molar refractivity (Wildman–Crippen MR) is 66.0 cm³/mol. The highest BCUT2D eigenvalue weighted by molar-refractivity contribution is 7.09. The molecular formula is C10H11ClN4S. The van der Waals surface area contributed by atoms with E-state index in [0.29, 0.717) is 17.5 Å². The van der Waals surface area contributed by atoms with Crippen LogP contribution in [0.15, 0.2) is 11.6 Å². The van der Waals surface area contributed by atoms with Crippen molar-refractivity contribution < 1.29 is 0 Å². The molecule has 0 aliphatic carbocycles. The number of thiazole rings is 1. The maximum Gasteiger partial charge on any atom is 0.137 e. The molecule has 2 rings (SSSR count). The third-order valence-corrected chi connectivity index (χ3v) is 3.24. The van der Waals surface area contributed by atoms with E-state index in [1.165, 1.54) is 0 Å². The van der Waals surface area contributed by atoms with Crippen LogP contribution in [-0.4, -0.2) is 15.0 Å². The Balaban J connectivity index is 2.15. The SMILES string of the molecule is Cc1nc(Cl)c(C)c(NCc2nccs2)n1. The summed E-state index contributed by atoms with van der Waals surface area (Å²) < 4.78 is 0. The van der Waals surface area contributed by atoms with Crippen molar-refractivity contribution in [1.29, 1.82) is 0 Å². The summed E-state index contributed by atoms with van der Waals surface area (Å²) in [5.41, 5.74) is 0.865. The Labute approximate surface area is 103 Å². The number of hydrogen-bond acceptors (Lipinski definition) is 5. The van der Waals surface area contributed by atoms with Crippen LogP contribution in [-0.2, 0) is 6.54 Å². The van der Waals surface area contributed by atoms with Crippen molar-refractivity contribution in [2.75, 3.05) is 5.32 Å². The Hall–Kier alpha value is -1.20. The molecule has 2 aromatic heterocycles. The van der Waals surface area contributed by atoms with Gasteiger partial charge in [-0.05, 0) is 13.8 Å². The van der Waals surface area contributed by atoms with Crippen molar-refractivity contribution in [3.63, 3.8) is 0 Å². The highest BCUT2D eigenvalue weighted by Gasteiger charge is 2.07. The van der Waals surface area contributed by atoms with Gasteiger partial charge in [0.25, 0.3) is 0 Å². The van der Waals surface area contributed by atoms with Gasteiger partial charge in [0.05, 0.1) is 6.54 Å². The number of rotatable bonds is 3. The zero-order chi connectivity index (χ0) is 11.5. The Kier molecular flexibility index (Phi) is 3.36. The number of nitrogens with zero attached hydrogens (tertiary/aromatic N) is 3. The molecule has 6 heteroatoms. The summed E-state index contributed by atoms with van der Waals surface area (Å²) in [6.45, 7) is 4.37. The average molecular weight is 255 g/mol. The second-order valence-corrected chi connectivity index (χ2v) is 4.65. The van der Waals surface area contributed by atoms with Crippen molar-refractivity contribution in [2.24, 2.45) is 0 Å². The van der Waals surface area contributed by atoms with E-state index in [9.17, 15) is 0 Å². The van der Waals surface area contributed by atoms with Crippen molar-refractivity contribution >= 4 is 28.8 Å². The number of halogens is 1. The molecule has 2 heterocycles. The molecule has 2 aromatic rings. The monoisotopic (exact) mass is 254 g/mol. The Morgan fingerprint density at radius 1 is 1.38 bits per heavy atom. The molecule has 0 amide bonds. The van der Waals surface area contributed by atoms with Crippen LogP contribution in [0.25, 0.3) is 0 Å². The number of hydrogen-bond donors (Lipinski definition) is 1. The van der Waals surface area contributed by atoms with Crippen molar-refractivity contribution in [3.8, 4) is 0 Å². The molecule has 1 N–H and O–H groups in total. The summed E-state index contributed by atoms with van der Waals surface area (Å²) in [5, 5.41) is 6.67. The molecule has 0 unspecified atom stereocenters. The first-order chi connectivity index (χ1) is 7.66. The highest BCUT2D eigenvalue weighted by Crippen LogP contribution is 2.20. The van der Waals surface area contributed by atoms with Crippen LogP contribution in [0.2, 0.25) is 5.15 Å². The van der Waals surface area contributed by atoms with Gasteiger partial charge in [0.2, 0.25) is 0 Å². The van der Waals surface area contributed by atoms with Gasteiger partial charge in [-0.15, -0.1) is 11.3 Å². The number of nitrogens with one attached hydrogen (secondary N) is 1. The molecular weight excluding hydrogens is 244 g/mol. The third-order valence-electron chi connectivity index (χ3n) is 2.09. The van der Waals surface area contributed by atoms with Gasteiger partial charge in [-0.3, -0.25) is 0 Å². The number of aromatic nitrogens is 3. The molecule has 0 saturated heterocycles. The Morgan fingerprint density at radius 3 is 2.88 bits per heavy atom. The molecule has 0 radical (unpaired) electrons. The first kappa shape index (κ1) is 11.3. The lowest BCUT2D eigenvalue weighted by Crippen LogP contribution is -2.05. The summed E-state index contributed by atoms with van der Waals surface area (Å²) in [6, 6.07) is 0. The first-order valence-corrected chi connectivity index (χ1v) is 6.05. The number of anilines is 1. The Bertz CT molecular complexity index is 484. The van der Waals surface area contributed by atoms with E-state index < -0.39 is 0 Å². The van der Waals surface area contributed by atoms with E-state index in [1.54, 1.807) is 17.5 Å². The second-order valence-electron chi connectivity index (χ2n) is 3.31. The van der Waals surface area contributed by atoms with Gasteiger partial charge in [-0.25, -0.2) is 15.0 Å². The van der Waals surface area contributed by atoms with E-state index >= 15 is 0 Å². The fraction of sp³-hybridized carbons (Fsp3) is 0.300. The molecule has 16 heavy (non-hydrogen) atoms. The lowest BCUT2D eigenvalue weighted by Gasteiger charge is -2.08. The van der Waals surface area contributed by atoms with Gasteiger partial charge in [-0.2, -0.15) is 0 Å². The molecule has 84 valence electrons. The summed E-state index contributed by atoms with van der Waals surface area (Å²) in [5.74, 6) is 1.44. The third kappa shape index (κ3) is 2.48. The standard InChI is InChI=1S/C10H11ClN4S/c1-6-9(11)14-7(2)15-10(6)13-5-8-12-3-4-16-8/h3-4H,5H2,1-2H3,(H,13,14,15). The van der Waals surface area contributed by atoms with Crippen LogP contribution in [0, 0.1) is 13.8 Å². The van der Waals surface area contributed by atoms with E-state index in [4.69, 9.17) is 11.6 Å². The fourth-order valence-electron chi connectivity index (χ4n) is 1.27. The molecule has 0 saturated carbocycles. The smallest absolute Gasteiger partial charge is 0.137 e. The Morgan fingerprint density at radius 2 is 2.19 bits per heavy atom. The van der Waals surface area contributed by atoms with Crippen molar-refractivity contribution in [2.45, 2.75) is 20.4 Å². The van der Waals surface area contributed by atoms with Gasteiger partial charge >= 0.3 is 0 Å². The van der Waals surface area contributed by atoms with E-state index in [0.717, 1.165) is 16.4 Å². The topological polar surface area (TPSA) is 50.7 Å². The van der Waals surface area contributed by atoms with E-state index in [-0.39, 0.29) is 0 Å². The van der Waals surface area contributed by atoms with Crippen LogP contribution < -0.4 is 5.32 Å². The molecule has 0 spiro atoms. The molecule has 4 nitrogen and oxygen atoms in total. The summed E-state index contributed by atoms with van der Waals surface area (Å²) >= 11 is 7.58. The van der Waals surface area contributed by atoms with Gasteiger partial charge in [0.15, 0.2) is 0 Å². The first-order valence-electron chi connectivity index (χ1n) is 4.80. The van der Waals surface area contributed by atoms with Crippen LogP contribution in [0.5, 0.6) is 0 Å². The van der Waals surface area contributed by atoms with Gasteiger partial charge < -0.3 is 5.32 Å². The van der Waals surface area contributed by atoms with Gasteiger partial charge in [-0.1, -0.05) is 11.6 Å². The van der Waals surface area contributed by atoms with Crippen LogP contribution in [0.3, 0.4) is 0 Å². The summed E-state index contributed by atoms with van der Waals surface area (Å²) in [6.07, 6.45) is 1.78. The zero-order valence-corrected chi connectivity index (χ0v) is 10.6. The highest BCUT2D eigenvalue weighted by atomic mass is 35.5. The van der Waals surface area contributed by atoms with Gasteiger partial charge in [0.1, 0.15) is 21.8 Å². The van der Waals surface area contributed by atoms with Crippen LogP contribution in [0.1, 0.15) is 16.4 Å². The quantitative estimate of drug-likeness (QED) is 0.856. The van der Waals surface area contributed by atoms with Crippen LogP contribution in [0.4, 0.5) is 5.82 Å². The minimum atomic E-state index is 0.495. The average Bonchev–Trinajstić information content (AvgIpc) is 2.74. The minimum absolute atomic E-state index is 0.495. The largest absolute Gasteiger partial charge is 0.363 e. The zero-order valence-electron chi connectivity index (χ0n) is 8.99. The minimum Gasteiger partial charge on any atom is -0.363 e. The number of aryl methyl sites for hydroxylation is 1. The van der Waals surface area contributed by atoms with Crippen molar-refractivity contribution in [1.82, 2.24) is 15.0 Å². The van der Waals surface area contributed by atoms with Gasteiger partial charge in [0, 0.05) is 17.1 Å². The second kappa shape index (κ2) is 4.76.